The molecule has 2 atom stereocenters. The number of aliphatic hydroxyl groups excluding tert-OH is 2. The average Bonchev–Trinajstić information content (AvgIpc) is 2.54. The molecule has 1 fully saturated rings. The Kier molecular flexibility index (Phi) is 4.99. The Bertz CT molecular complexity index is 356. The van der Waals surface area contributed by atoms with Gasteiger partial charge in [0.15, 0.2) is 9.84 Å². The first-order chi connectivity index (χ1) is 7.35. The molecule has 0 spiro atoms. The van der Waals surface area contributed by atoms with Gasteiger partial charge in [-0.3, -0.25) is 0 Å². The van der Waals surface area contributed by atoms with Crippen LogP contribution in [-0.4, -0.2) is 64.7 Å². The lowest BCUT2D eigenvalue weighted by molar-refractivity contribution is 0.0713. The van der Waals surface area contributed by atoms with Crippen LogP contribution in [0.1, 0.15) is 6.42 Å². The van der Waals surface area contributed by atoms with Crippen molar-refractivity contribution in [1.82, 2.24) is 4.90 Å². The van der Waals surface area contributed by atoms with Gasteiger partial charge in [0.05, 0.1) is 24.2 Å². The molecule has 1 rings (SSSR count). The average molecular weight is 285 g/mol. The second-order valence-corrected chi connectivity index (χ2v) is 7.17. The molecule has 16 heavy (non-hydrogen) atoms. The highest BCUT2D eigenvalue weighted by molar-refractivity contribution is 8.10. The summed E-state index contributed by atoms with van der Waals surface area (Å²) in [6.07, 6.45) is -0.449. The fraction of sp³-hybridized carbons (Fsp3) is 0.875. The lowest BCUT2D eigenvalue weighted by Crippen LogP contribution is -2.43. The highest BCUT2D eigenvalue weighted by Gasteiger charge is 2.33. The minimum atomic E-state index is -3.00. The summed E-state index contributed by atoms with van der Waals surface area (Å²) >= 11 is 8.91. The van der Waals surface area contributed by atoms with Crippen molar-refractivity contribution in [2.45, 2.75) is 18.6 Å². The molecule has 94 valence electrons. The Morgan fingerprint density at radius 1 is 1.62 bits per heavy atom. The maximum absolute atomic E-state index is 11.3. The molecule has 8 heteroatoms. The van der Waals surface area contributed by atoms with E-state index in [-0.39, 0.29) is 35.0 Å². The Balaban J connectivity index is 2.68. The normalized spacial score (nSPS) is 25.3. The van der Waals surface area contributed by atoms with Crippen LogP contribution >= 0.6 is 24.8 Å². The molecule has 1 aliphatic heterocycles. The number of nitrogens with zero attached hydrogens (tertiary/aromatic N) is 1. The lowest BCUT2D eigenvalue weighted by atomic mass is 10.2. The van der Waals surface area contributed by atoms with Crippen molar-refractivity contribution in [3.8, 4) is 0 Å². The van der Waals surface area contributed by atoms with Crippen LogP contribution in [-0.2, 0) is 9.84 Å². The first kappa shape index (κ1) is 14.2. The Morgan fingerprint density at radius 3 is 2.62 bits per heavy atom. The van der Waals surface area contributed by atoms with E-state index in [0.717, 1.165) is 0 Å². The van der Waals surface area contributed by atoms with E-state index in [1.54, 1.807) is 4.90 Å². The molecule has 5 nitrogen and oxygen atoms in total. The monoisotopic (exact) mass is 285 g/mol. The van der Waals surface area contributed by atoms with Gasteiger partial charge in [-0.2, -0.15) is 0 Å². The standard InChI is InChI=1S/C8H15NO4S3/c10-4-7(11)3-9(8(14)15)6-1-2-16(12,13)5-6/h6-7,10-11H,1-5H2,(H,14,15)/t6-,7-/m1/s1. The summed E-state index contributed by atoms with van der Waals surface area (Å²) in [4.78, 5) is 1.56. The SMILES string of the molecule is O=S1(=O)CC[C@@H](N(C[C@@H](O)CO)C(=S)S)C1. The highest BCUT2D eigenvalue weighted by atomic mass is 32.2. The van der Waals surface area contributed by atoms with Gasteiger partial charge in [0.1, 0.15) is 4.32 Å². The Morgan fingerprint density at radius 2 is 2.25 bits per heavy atom. The van der Waals surface area contributed by atoms with E-state index >= 15 is 0 Å². The van der Waals surface area contributed by atoms with Crippen LogP contribution < -0.4 is 0 Å². The van der Waals surface area contributed by atoms with E-state index in [1.807, 2.05) is 0 Å². The number of hydrogen-bond acceptors (Lipinski definition) is 5. The molecule has 0 amide bonds. The van der Waals surface area contributed by atoms with Crippen LogP contribution in [0.2, 0.25) is 0 Å². The van der Waals surface area contributed by atoms with E-state index in [9.17, 15) is 13.5 Å². The molecule has 0 bridgehead atoms. The van der Waals surface area contributed by atoms with Crippen LogP contribution in [0.15, 0.2) is 0 Å². The van der Waals surface area contributed by atoms with Gasteiger partial charge in [0.2, 0.25) is 0 Å². The molecule has 1 saturated heterocycles. The number of aliphatic hydroxyl groups is 2. The van der Waals surface area contributed by atoms with Crippen LogP contribution in [0.25, 0.3) is 0 Å². The van der Waals surface area contributed by atoms with E-state index in [1.165, 1.54) is 0 Å². The van der Waals surface area contributed by atoms with Crippen molar-refractivity contribution in [1.29, 1.82) is 0 Å². The van der Waals surface area contributed by atoms with Gasteiger partial charge in [0, 0.05) is 12.6 Å². The van der Waals surface area contributed by atoms with Crippen LogP contribution in [0.5, 0.6) is 0 Å². The molecule has 1 aliphatic rings. The predicted molar refractivity (Wildman–Crippen MR) is 68.4 cm³/mol. The highest BCUT2D eigenvalue weighted by Crippen LogP contribution is 2.19. The van der Waals surface area contributed by atoms with E-state index in [0.29, 0.717) is 6.42 Å². The molecule has 0 saturated carbocycles. The zero-order valence-corrected chi connectivity index (χ0v) is 11.1. The first-order valence-corrected chi connectivity index (χ1v) is 7.52. The topological polar surface area (TPSA) is 77.8 Å². The molecule has 0 aromatic rings. The summed E-state index contributed by atoms with van der Waals surface area (Å²) in [6.45, 7) is -0.272. The van der Waals surface area contributed by atoms with Crippen molar-refractivity contribution < 1.29 is 18.6 Å². The predicted octanol–water partition coefficient (Wildman–Crippen LogP) is -0.957. The van der Waals surface area contributed by atoms with Crippen LogP contribution in [0.4, 0.5) is 0 Å². The van der Waals surface area contributed by atoms with Gasteiger partial charge >= 0.3 is 0 Å². The molecule has 0 aromatic heterocycles. The second-order valence-electron chi connectivity index (χ2n) is 3.83. The zero-order chi connectivity index (χ0) is 12.3. The van der Waals surface area contributed by atoms with Crippen molar-refractivity contribution >= 4 is 39.0 Å². The number of hydrogen-bond donors (Lipinski definition) is 3. The number of thiol groups is 1. The maximum Gasteiger partial charge on any atom is 0.152 e. The molecule has 0 radical (unpaired) electrons. The molecule has 0 aliphatic carbocycles. The fourth-order valence-corrected chi connectivity index (χ4v) is 3.89. The van der Waals surface area contributed by atoms with Gasteiger partial charge < -0.3 is 15.1 Å². The largest absolute Gasteiger partial charge is 0.394 e. The number of rotatable bonds is 4. The van der Waals surface area contributed by atoms with Crippen molar-refractivity contribution in [2.24, 2.45) is 0 Å². The summed E-state index contributed by atoms with van der Waals surface area (Å²) in [5, 5.41) is 18.1. The summed E-state index contributed by atoms with van der Waals surface area (Å²) < 4.78 is 22.9. The molecule has 1 heterocycles. The third kappa shape index (κ3) is 3.85. The third-order valence-corrected chi connectivity index (χ3v) is 4.75. The summed E-state index contributed by atoms with van der Waals surface area (Å²) in [5.74, 6) is 0.172. The Labute approximate surface area is 106 Å². The van der Waals surface area contributed by atoms with Gasteiger partial charge in [-0.25, -0.2) is 8.42 Å². The number of thiocarbonyl (C=S) groups is 1. The summed E-state index contributed by atoms with van der Waals surface area (Å²) in [6, 6.07) is -0.240. The van der Waals surface area contributed by atoms with Gasteiger partial charge in [-0.05, 0) is 6.42 Å². The molecular formula is C8H15NO4S3. The zero-order valence-electron chi connectivity index (χ0n) is 8.61. The van der Waals surface area contributed by atoms with Gasteiger partial charge in [0.25, 0.3) is 0 Å². The van der Waals surface area contributed by atoms with Crippen molar-refractivity contribution in [3.05, 3.63) is 0 Å². The lowest BCUT2D eigenvalue weighted by Gasteiger charge is -2.30. The summed E-state index contributed by atoms with van der Waals surface area (Å²) in [7, 11) is -3.00. The maximum atomic E-state index is 11.3. The first-order valence-electron chi connectivity index (χ1n) is 4.84. The van der Waals surface area contributed by atoms with E-state index in [2.05, 4.69) is 12.6 Å². The molecule has 0 unspecified atom stereocenters. The minimum Gasteiger partial charge on any atom is -0.394 e. The number of sulfone groups is 1. The third-order valence-electron chi connectivity index (χ3n) is 2.51. The molecular weight excluding hydrogens is 270 g/mol. The quantitative estimate of drug-likeness (QED) is 0.456. The van der Waals surface area contributed by atoms with E-state index in [4.69, 9.17) is 17.3 Å². The second kappa shape index (κ2) is 5.63. The summed E-state index contributed by atoms with van der Waals surface area (Å²) in [5.41, 5.74) is 0. The molecule has 2 N–H and O–H groups in total. The van der Waals surface area contributed by atoms with Gasteiger partial charge in [-0.1, -0.05) is 12.2 Å². The van der Waals surface area contributed by atoms with Gasteiger partial charge in [-0.15, -0.1) is 12.6 Å². The fourth-order valence-electron chi connectivity index (χ4n) is 1.69. The van der Waals surface area contributed by atoms with Crippen molar-refractivity contribution in [3.63, 3.8) is 0 Å². The van der Waals surface area contributed by atoms with Crippen molar-refractivity contribution in [2.75, 3.05) is 24.7 Å². The minimum absolute atomic E-state index is 0.0336. The smallest absolute Gasteiger partial charge is 0.152 e. The van der Waals surface area contributed by atoms with Crippen LogP contribution in [0.3, 0.4) is 0 Å². The van der Waals surface area contributed by atoms with E-state index < -0.39 is 15.9 Å². The van der Waals surface area contributed by atoms with Crippen LogP contribution in [0, 0.1) is 0 Å². The molecule has 0 aromatic carbocycles. The Hall–Kier alpha value is 0.110.